The number of hydrogen-bond acceptors (Lipinski definition) is 3. The van der Waals surface area contributed by atoms with Crippen molar-refractivity contribution in [3.05, 3.63) is 164 Å². The van der Waals surface area contributed by atoms with Crippen LogP contribution in [0.1, 0.15) is 0 Å². The summed E-state index contributed by atoms with van der Waals surface area (Å²) in [6.45, 7) is 0. The zero-order valence-electron chi connectivity index (χ0n) is 22.9. The first-order valence-corrected chi connectivity index (χ1v) is 14.0. The molecular weight excluding hydrogens is 510 g/mol. The van der Waals surface area contributed by atoms with Gasteiger partial charge in [-0.3, -0.25) is 4.98 Å². The Hall–Kier alpha value is -5.67. The molecule has 0 spiro atoms. The highest BCUT2D eigenvalue weighted by Crippen LogP contribution is 2.31. The van der Waals surface area contributed by atoms with Gasteiger partial charge in [0.1, 0.15) is 0 Å². The molecule has 0 N–H and O–H groups in total. The minimum atomic E-state index is 0.712. The van der Waals surface area contributed by atoms with E-state index in [1.54, 1.807) is 6.20 Å². The van der Waals surface area contributed by atoms with Crippen LogP contribution in [0.5, 0.6) is 0 Å². The Kier molecular flexibility index (Phi) is 6.89. The lowest BCUT2D eigenvalue weighted by Crippen LogP contribution is -1.96. The Labute approximate surface area is 245 Å². The van der Waals surface area contributed by atoms with Crippen molar-refractivity contribution in [3.63, 3.8) is 0 Å². The zero-order chi connectivity index (χ0) is 28.1. The largest absolute Gasteiger partial charge is 0.264 e. The molecule has 0 saturated carbocycles. The van der Waals surface area contributed by atoms with E-state index in [1.165, 1.54) is 11.1 Å². The second kappa shape index (κ2) is 11.4. The van der Waals surface area contributed by atoms with Crippen LogP contribution in [-0.2, 0) is 0 Å². The van der Waals surface area contributed by atoms with Crippen LogP contribution in [0.3, 0.4) is 0 Å². The summed E-state index contributed by atoms with van der Waals surface area (Å²) in [5.41, 5.74) is 11.8. The summed E-state index contributed by atoms with van der Waals surface area (Å²) < 4.78 is 0. The number of benzene rings is 5. The highest BCUT2D eigenvalue weighted by atomic mass is 14.9. The Morgan fingerprint density at radius 3 is 1.33 bits per heavy atom. The molecule has 3 heteroatoms. The average molecular weight is 538 g/mol. The van der Waals surface area contributed by atoms with Gasteiger partial charge < -0.3 is 0 Å². The molecular formula is C39H27N3. The van der Waals surface area contributed by atoms with Crippen LogP contribution in [0, 0.1) is 0 Å². The van der Waals surface area contributed by atoms with Crippen LogP contribution in [0.4, 0.5) is 0 Å². The van der Waals surface area contributed by atoms with E-state index in [4.69, 9.17) is 9.97 Å². The normalized spacial score (nSPS) is 10.9. The minimum absolute atomic E-state index is 0.712. The van der Waals surface area contributed by atoms with Crippen LogP contribution in [-0.4, -0.2) is 15.0 Å². The summed E-state index contributed by atoms with van der Waals surface area (Å²) in [5, 5.41) is 0. The molecule has 2 heterocycles. The van der Waals surface area contributed by atoms with Gasteiger partial charge in [0.15, 0.2) is 5.82 Å². The van der Waals surface area contributed by atoms with Gasteiger partial charge in [0.05, 0.1) is 11.4 Å². The summed E-state index contributed by atoms with van der Waals surface area (Å²) >= 11 is 0. The summed E-state index contributed by atoms with van der Waals surface area (Å²) in [5.74, 6) is 0.712. The van der Waals surface area contributed by atoms with Gasteiger partial charge in [-0.25, -0.2) is 9.97 Å². The Bertz CT molecular complexity index is 1930. The van der Waals surface area contributed by atoms with Gasteiger partial charge in [-0.2, -0.15) is 0 Å². The number of rotatable bonds is 6. The molecule has 3 nitrogen and oxygen atoms in total. The topological polar surface area (TPSA) is 38.7 Å². The molecule has 0 aliphatic rings. The van der Waals surface area contributed by atoms with E-state index >= 15 is 0 Å². The smallest absolute Gasteiger partial charge is 0.160 e. The van der Waals surface area contributed by atoms with Gasteiger partial charge in [-0.15, -0.1) is 0 Å². The predicted octanol–water partition coefficient (Wildman–Crippen LogP) is 9.87. The third kappa shape index (κ3) is 5.36. The van der Waals surface area contributed by atoms with E-state index < -0.39 is 0 Å². The molecule has 0 bridgehead atoms. The van der Waals surface area contributed by atoms with Crippen LogP contribution >= 0.6 is 0 Å². The van der Waals surface area contributed by atoms with Crippen molar-refractivity contribution in [1.82, 2.24) is 15.0 Å². The van der Waals surface area contributed by atoms with Crippen molar-refractivity contribution in [1.29, 1.82) is 0 Å². The van der Waals surface area contributed by atoms with Crippen LogP contribution < -0.4 is 0 Å². The van der Waals surface area contributed by atoms with Gasteiger partial charge in [-0.05, 0) is 46.0 Å². The van der Waals surface area contributed by atoms with Crippen LogP contribution in [0.25, 0.3) is 67.3 Å². The maximum absolute atomic E-state index is 5.00. The van der Waals surface area contributed by atoms with E-state index in [2.05, 4.69) is 126 Å². The maximum atomic E-state index is 5.00. The van der Waals surface area contributed by atoms with Crippen molar-refractivity contribution < 1.29 is 0 Å². The summed E-state index contributed by atoms with van der Waals surface area (Å²) in [4.78, 5) is 14.3. The molecule has 2 aromatic heterocycles. The highest BCUT2D eigenvalue weighted by molar-refractivity contribution is 5.77. The lowest BCUT2D eigenvalue weighted by molar-refractivity contribution is 1.18. The fraction of sp³-hybridized carbons (Fsp3) is 0. The fourth-order valence-electron chi connectivity index (χ4n) is 5.17. The maximum Gasteiger partial charge on any atom is 0.160 e. The zero-order valence-corrected chi connectivity index (χ0v) is 22.9. The number of nitrogens with zero attached hydrogens (tertiary/aromatic N) is 3. The standard InChI is InChI=1S/C39H27N3/c1-3-9-28(10-4-1)29-16-20-31(21-17-29)37-26-38(42-39(41-37)33-11-5-2-6-12-33)32-22-18-30(19-23-32)34-13-7-14-35(25-34)36-15-8-24-40-27-36/h1-27H. The first kappa shape index (κ1) is 25.3. The second-order valence-electron chi connectivity index (χ2n) is 10.2. The van der Waals surface area contributed by atoms with Gasteiger partial charge in [0.25, 0.3) is 0 Å². The SMILES string of the molecule is c1ccc(-c2ccc(-c3cc(-c4ccc(-c5cccc(-c6cccnc6)c5)cc4)nc(-c4ccccc4)n3)cc2)cc1. The lowest BCUT2D eigenvalue weighted by atomic mass is 9.98. The highest BCUT2D eigenvalue weighted by Gasteiger charge is 2.11. The second-order valence-corrected chi connectivity index (χ2v) is 10.2. The molecule has 7 aromatic rings. The van der Waals surface area contributed by atoms with E-state index in [0.717, 1.165) is 50.3 Å². The number of hydrogen-bond donors (Lipinski definition) is 0. The molecule has 198 valence electrons. The van der Waals surface area contributed by atoms with Gasteiger partial charge in [0.2, 0.25) is 0 Å². The number of aromatic nitrogens is 3. The summed E-state index contributed by atoms with van der Waals surface area (Å²) in [6, 6.07) is 52.5. The molecule has 7 rings (SSSR count). The predicted molar refractivity (Wildman–Crippen MR) is 172 cm³/mol. The summed E-state index contributed by atoms with van der Waals surface area (Å²) in [6.07, 6.45) is 3.70. The molecule has 0 radical (unpaired) electrons. The number of pyridine rings is 1. The van der Waals surface area contributed by atoms with Crippen molar-refractivity contribution in [2.75, 3.05) is 0 Å². The fourth-order valence-corrected chi connectivity index (χ4v) is 5.17. The van der Waals surface area contributed by atoms with Crippen molar-refractivity contribution >= 4 is 0 Å². The Balaban J connectivity index is 1.25. The molecule has 0 aliphatic carbocycles. The van der Waals surface area contributed by atoms with Crippen molar-refractivity contribution in [2.24, 2.45) is 0 Å². The first-order valence-electron chi connectivity index (χ1n) is 14.0. The van der Waals surface area contributed by atoms with Crippen LogP contribution in [0.2, 0.25) is 0 Å². The lowest BCUT2D eigenvalue weighted by Gasteiger charge is -2.11. The first-order chi connectivity index (χ1) is 20.8. The monoisotopic (exact) mass is 537 g/mol. The molecule has 0 aliphatic heterocycles. The molecule has 0 atom stereocenters. The average Bonchev–Trinajstić information content (AvgIpc) is 3.09. The van der Waals surface area contributed by atoms with Gasteiger partial charge in [-0.1, -0.05) is 133 Å². The molecule has 42 heavy (non-hydrogen) atoms. The molecule has 0 saturated heterocycles. The third-order valence-corrected chi connectivity index (χ3v) is 7.42. The summed E-state index contributed by atoms with van der Waals surface area (Å²) in [7, 11) is 0. The molecule has 0 unspecified atom stereocenters. The van der Waals surface area contributed by atoms with E-state index in [9.17, 15) is 0 Å². The Morgan fingerprint density at radius 2 is 0.762 bits per heavy atom. The van der Waals surface area contributed by atoms with E-state index in [0.29, 0.717) is 5.82 Å². The van der Waals surface area contributed by atoms with Gasteiger partial charge >= 0.3 is 0 Å². The minimum Gasteiger partial charge on any atom is -0.264 e. The quantitative estimate of drug-likeness (QED) is 0.212. The molecule has 0 fully saturated rings. The van der Waals surface area contributed by atoms with E-state index in [-0.39, 0.29) is 0 Å². The molecule has 0 amide bonds. The van der Waals surface area contributed by atoms with E-state index in [1.807, 2.05) is 36.5 Å². The van der Waals surface area contributed by atoms with Gasteiger partial charge in [0, 0.05) is 34.6 Å². The van der Waals surface area contributed by atoms with Crippen LogP contribution in [0.15, 0.2) is 164 Å². The van der Waals surface area contributed by atoms with Crippen molar-refractivity contribution in [2.45, 2.75) is 0 Å². The molecule has 5 aromatic carbocycles. The third-order valence-electron chi connectivity index (χ3n) is 7.42. The Morgan fingerprint density at radius 1 is 0.310 bits per heavy atom. The van der Waals surface area contributed by atoms with Crippen molar-refractivity contribution in [3.8, 4) is 67.3 Å².